The second kappa shape index (κ2) is 11.1. The van der Waals surface area contributed by atoms with Crippen LogP contribution in [0.4, 0.5) is 0 Å². The van der Waals surface area contributed by atoms with Crippen LogP contribution < -0.4 is 0 Å². The van der Waals surface area contributed by atoms with Crippen LogP contribution in [0, 0.1) is 11.8 Å². The van der Waals surface area contributed by atoms with Crippen LogP contribution >= 0.6 is 0 Å². The molecule has 0 bridgehead atoms. The highest BCUT2D eigenvalue weighted by Gasteiger charge is 2.75. The Morgan fingerprint density at radius 2 is 1.68 bits per heavy atom. The van der Waals surface area contributed by atoms with Crippen molar-refractivity contribution in [3.05, 3.63) is 24.3 Å². The van der Waals surface area contributed by atoms with Gasteiger partial charge in [-0.25, -0.2) is 0 Å². The Bertz CT molecular complexity index is 980. The summed E-state index contributed by atoms with van der Waals surface area (Å²) in [5.74, 6) is -1.85. The van der Waals surface area contributed by atoms with E-state index in [2.05, 4.69) is 4.90 Å². The first-order chi connectivity index (χ1) is 18.4. The van der Waals surface area contributed by atoms with Crippen LogP contribution in [0.15, 0.2) is 24.3 Å². The molecule has 5 aliphatic heterocycles. The summed E-state index contributed by atoms with van der Waals surface area (Å²) in [6.45, 7) is 7.75. The number of hydrogen-bond acceptors (Lipinski definition) is 7. The van der Waals surface area contributed by atoms with Gasteiger partial charge in [-0.3, -0.25) is 19.3 Å². The number of morpholine rings is 1. The minimum absolute atomic E-state index is 0.0955. The van der Waals surface area contributed by atoms with Crippen molar-refractivity contribution < 1.29 is 29.0 Å². The number of fused-ring (bicyclic) bond motifs is 2. The van der Waals surface area contributed by atoms with Crippen molar-refractivity contribution in [2.75, 3.05) is 72.7 Å². The van der Waals surface area contributed by atoms with Crippen molar-refractivity contribution in [1.29, 1.82) is 0 Å². The van der Waals surface area contributed by atoms with Gasteiger partial charge < -0.3 is 29.3 Å². The van der Waals surface area contributed by atoms with E-state index in [0.29, 0.717) is 58.7 Å². The summed E-state index contributed by atoms with van der Waals surface area (Å²) in [7, 11) is 1.76. The first-order valence-electron chi connectivity index (χ1n) is 14.2. The number of nitrogens with zero attached hydrogens (tertiary/aromatic N) is 4. The standard InChI is InChI=1S/C28H42N4O6/c1-3-27-9-7-11-29(2)24(34)21(27)22-25(35)32(13-5-4-6-18-33)23-26(36)31(12-8-10-28(22,23)38-27)15-14-30-16-19-37-20-17-30/h7-10,21-23,33H,3-6,11-20H2,1-2H3/t21-,22-,23?,27+,28-/m0/s1. The molecule has 1 spiro atoms. The summed E-state index contributed by atoms with van der Waals surface area (Å²) >= 11 is 0. The molecule has 0 aromatic carbocycles. The van der Waals surface area contributed by atoms with E-state index >= 15 is 0 Å². The van der Waals surface area contributed by atoms with Gasteiger partial charge in [0, 0.05) is 59.5 Å². The molecule has 5 rings (SSSR count). The number of unbranched alkanes of at least 4 members (excludes halogenated alkanes) is 2. The Kier molecular flexibility index (Phi) is 7.96. The highest BCUT2D eigenvalue weighted by molar-refractivity contribution is 6.00. The molecule has 0 radical (unpaired) electrons. The monoisotopic (exact) mass is 530 g/mol. The highest BCUT2D eigenvalue weighted by atomic mass is 16.5. The Balaban J connectivity index is 1.49. The van der Waals surface area contributed by atoms with E-state index in [9.17, 15) is 19.5 Å². The zero-order valence-corrected chi connectivity index (χ0v) is 22.7. The molecule has 5 atom stereocenters. The molecule has 1 N–H and O–H groups in total. The lowest BCUT2D eigenvalue weighted by Crippen LogP contribution is -2.57. The van der Waals surface area contributed by atoms with E-state index in [4.69, 9.17) is 9.47 Å². The minimum Gasteiger partial charge on any atom is -0.396 e. The number of likely N-dealkylation sites (N-methyl/N-ethyl adjacent to an activating group) is 1. The molecule has 0 aromatic heterocycles. The number of carbonyl (C=O) groups excluding carboxylic acids is 3. The second-order valence-electron chi connectivity index (χ2n) is 11.2. The van der Waals surface area contributed by atoms with Gasteiger partial charge in [0.05, 0.1) is 30.7 Å². The number of hydrogen-bond donors (Lipinski definition) is 1. The number of carbonyl (C=O) groups is 3. The molecular weight excluding hydrogens is 488 g/mol. The van der Waals surface area contributed by atoms with Gasteiger partial charge in [-0.05, 0) is 25.7 Å². The number of likely N-dealkylation sites (tertiary alicyclic amines) is 1. The molecule has 10 heteroatoms. The van der Waals surface area contributed by atoms with Crippen LogP contribution in [0.1, 0.15) is 32.6 Å². The maximum Gasteiger partial charge on any atom is 0.249 e. The average molecular weight is 531 g/mol. The SMILES string of the molecule is CC[C@@]12C=CCN(C)C(=O)[C@@H]1[C@H]1C(=O)N(CCCCCO)C3C(=O)N(CCN4CCOCC4)CC=C[C@@]31O2. The molecule has 3 fully saturated rings. The van der Waals surface area contributed by atoms with Gasteiger partial charge in [-0.2, -0.15) is 0 Å². The van der Waals surface area contributed by atoms with Crippen molar-refractivity contribution in [2.45, 2.75) is 49.9 Å². The maximum absolute atomic E-state index is 14.3. The third-order valence-electron chi connectivity index (χ3n) is 9.07. The van der Waals surface area contributed by atoms with Gasteiger partial charge in [0.2, 0.25) is 17.7 Å². The van der Waals surface area contributed by atoms with Gasteiger partial charge in [0.1, 0.15) is 11.6 Å². The largest absolute Gasteiger partial charge is 0.396 e. The first-order valence-corrected chi connectivity index (χ1v) is 14.2. The predicted octanol–water partition coefficient (Wildman–Crippen LogP) is 0.269. The van der Waals surface area contributed by atoms with Gasteiger partial charge >= 0.3 is 0 Å². The fraction of sp³-hybridized carbons (Fsp3) is 0.750. The van der Waals surface area contributed by atoms with Crippen molar-refractivity contribution in [2.24, 2.45) is 11.8 Å². The molecule has 0 saturated carbocycles. The van der Waals surface area contributed by atoms with Gasteiger partial charge in [-0.15, -0.1) is 0 Å². The summed E-state index contributed by atoms with van der Waals surface area (Å²) < 4.78 is 12.4. The van der Waals surface area contributed by atoms with Gasteiger partial charge in [0.25, 0.3) is 0 Å². The predicted molar refractivity (Wildman–Crippen MR) is 140 cm³/mol. The molecule has 210 valence electrons. The number of aliphatic hydroxyl groups excluding tert-OH is 1. The van der Waals surface area contributed by atoms with Crippen LogP contribution in [0.25, 0.3) is 0 Å². The quantitative estimate of drug-likeness (QED) is 0.337. The van der Waals surface area contributed by atoms with E-state index < -0.39 is 29.1 Å². The average Bonchev–Trinajstić information content (AvgIpc) is 3.22. The Hall–Kier alpha value is -2.27. The lowest BCUT2D eigenvalue weighted by molar-refractivity contribution is -0.154. The van der Waals surface area contributed by atoms with Crippen molar-refractivity contribution >= 4 is 17.7 Å². The van der Waals surface area contributed by atoms with E-state index in [1.165, 1.54) is 0 Å². The van der Waals surface area contributed by atoms with Crippen molar-refractivity contribution in [1.82, 2.24) is 19.6 Å². The van der Waals surface area contributed by atoms with Crippen LogP contribution in [-0.4, -0.2) is 132 Å². The fourth-order valence-electron chi connectivity index (χ4n) is 7.03. The molecule has 1 unspecified atom stereocenters. The second-order valence-corrected chi connectivity index (χ2v) is 11.2. The smallest absolute Gasteiger partial charge is 0.249 e. The molecule has 5 aliphatic rings. The summed E-state index contributed by atoms with van der Waals surface area (Å²) in [5, 5.41) is 9.24. The van der Waals surface area contributed by atoms with E-state index in [0.717, 1.165) is 26.1 Å². The minimum atomic E-state index is -1.20. The van der Waals surface area contributed by atoms with Gasteiger partial charge in [0.15, 0.2) is 0 Å². The van der Waals surface area contributed by atoms with E-state index in [-0.39, 0.29) is 24.3 Å². The molecule has 38 heavy (non-hydrogen) atoms. The molecule has 0 aliphatic carbocycles. The number of ether oxygens (including phenoxy) is 2. The summed E-state index contributed by atoms with van der Waals surface area (Å²) in [6, 6.07) is -0.820. The highest BCUT2D eigenvalue weighted by Crippen LogP contribution is 2.58. The number of amides is 3. The maximum atomic E-state index is 14.3. The molecule has 0 aromatic rings. The fourth-order valence-corrected chi connectivity index (χ4v) is 7.03. The zero-order chi connectivity index (χ0) is 26.9. The third kappa shape index (κ3) is 4.49. The van der Waals surface area contributed by atoms with Crippen LogP contribution in [0.5, 0.6) is 0 Å². The van der Waals surface area contributed by atoms with E-state index in [1.54, 1.807) is 16.8 Å². The Morgan fingerprint density at radius 3 is 2.42 bits per heavy atom. The molecule has 5 heterocycles. The molecule has 3 saturated heterocycles. The zero-order valence-electron chi connectivity index (χ0n) is 22.7. The molecular formula is C28H42N4O6. The normalized spacial score (nSPS) is 35.4. The Morgan fingerprint density at radius 1 is 0.921 bits per heavy atom. The molecule has 10 nitrogen and oxygen atoms in total. The lowest BCUT2D eigenvalue weighted by Gasteiger charge is -2.38. The summed E-state index contributed by atoms with van der Waals surface area (Å²) in [6.07, 6.45) is 10.4. The lowest BCUT2D eigenvalue weighted by atomic mass is 9.73. The van der Waals surface area contributed by atoms with Crippen LogP contribution in [-0.2, 0) is 23.9 Å². The summed E-state index contributed by atoms with van der Waals surface area (Å²) in [5.41, 5.74) is -2.13. The number of aliphatic hydroxyl groups is 1. The van der Waals surface area contributed by atoms with Gasteiger partial charge in [-0.1, -0.05) is 31.2 Å². The number of rotatable bonds is 9. The van der Waals surface area contributed by atoms with E-state index in [1.807, 2.05) is 36.1 Å². The Labute approximate surface area is 225 Å². The summed E-state index contributed by atoms with van der Waals surface area (Å²) in [4.78, 5) is 49.8. The van der Waals surface area contributed by atoms with Crippen LogP contribution in [0.3, 0.4) is 0 Å². The first kappa shape index (κ1) is 27.3. The van der Waals surface area contributed by atoms with Crippen molar-refractivity contribution in [3.8, 4) is 0 Å². The third-order valence-corrected chi connectivity index (χ3v) is 9.07. The van der Waals surface area contributed by atoms with Crippen LogP contribution in [0.2, 0.25) is 0 Å². The molecule has 3 amide bonds. The topological polar surface area (TPSA) is 103 Å². The van der Waals surface area contributed by atoms with Crippen molar-refractivity contribution in [3.63, 3.8) is 0 Å².